The van der Waals surface area contributed by atoms with Gasteiger partial charge in [0.1, 0.15) is 6.29 Å². The van der Waals surface area contributed by atoms with Crippen molar-refractivity contribution in [1.29, 1.82) is 0 Å². The number of piperidine rings is 1. The predicted octanol–water partition coefficient (Wildman–Crippen LogP) is 2.63. The van der Waals surface area contributed by atoms with Gasteiger partial charge in [-0.05, 0) is 56.4 Å². The molecule has 1 aliphatic rings. The van der Waals surface area contributed by atoms with Crippen molar-refractivity contribution in [3.63, 3.8) is 0 Å². The molecule has 0 unspecified atom stereocenters. The van der Waals surface area contributed by atoms with Crippen molar-refractivity contribution in [3.8, 4) is 0 Å². The van der Waals surface area contributed by atoms with Crippen molar-refractivity contribution < 1.29 is 4.79 Å². The summed E-state index contributed by atoms with van der Waals surface area (Å²) < 4.78 is 0. The predicted molar refractivity (Wildman–Crippen MR) is 70.3 cm³/mol. The molecule has 0 N–H and O–H groups in total. The lowest BCUT2D eigenvalue weighted by Gasteiger charge is -2.29. The van der Waals surface area contributed by atoms with Gasteiger partial charge in [-0.1, -0.05) is 24.3 Å². The Labute approximate surface area is 104 Å². The summed E-state index contributed by atoms with van der Waals surface area (Å²) in [4.78, 5) is 12.8. The average Bonchev–Trinajstić information content (AvgIpc) is 2.37. The maximum Gasteiger partial charge on any atom is 0.120 e. The molecule has 1 fully saturated rings. The zero-order valence-electron chi connectivity index (χ0n) is 10.6. The van der Waals surface area contributed by atoms with Crippen LogP contribution >= 0.6 is 0 Å². The second-order valence-corrected chi connectivity index (χ2v) is 5.03. The third kappa shape index (κ3) is 3.40. The molecule has 1 aliphatic heterocycles. The van der Waals surface area contributed by atoms with Crippen molar-refractivity contribution in [2.24, 2.45) is 0 Å². The number of aldehydes is 1. The van der Waals surface area contributed by atoms with E-state index in [-0.39, 0.29) is 0 Å². The Kier molecular flexibility index (Phi) is 4.32. The fourth-order valence-electron chi connectivity index (χ4n) is 2.57. The van der Waals surface area contributed by atoms with E-state index in [1.54, 1.807) is 0 Å². The maximum atomic E-state index is 10.4. The van der Waals surface area contributed by atoms with E-state index < -0.39 is 0 Å². The molecular weight excluding hydrogens is 210 g/mol. The molecule has 0 saturated carbocycles. The van der Waals surface area contributed by atoms with Gasteiger partial charge in [-0.2, -0.15) is 0 Å². The molecule has 92 valence electrons. The number of likely N-dealkylation sites (tertiary alicyclic amines) is 1. The Morgan fingerprint density at radius 1 is 1.35 bits per heavy atom. The summed E-state index contributed by atoms with van der Waals surface area (Å²) in [7, 11) is 2.19. The van der Waals surface area contributed by atoms with Crippen LogP contribution in [0.1, 0.15) is 36.3 Å². The lowest BCUT2D eigenvalue weighted by molar-refractivity contribution is -0.107. The van der Waals surface area contributed by atoms with Crippen LogP contribution in [0.25, 0.3) is 0 Å². The van der Waals surface area contributed by atoms with E-state index >= 15 is 0 Å². The first-order valence-corrected chi connectivity index (χ1v) is 6.50. The van der Waals surface area contributed by atoms with Crippen LogP contribution < -0.4 is 0 Å². The summed E-state index contributed by atoms with van der Waals surface area (Å²) in [5.41, 5.74) is 2.76. The van der Waals surface area contributed by atoms with Crippen LogP contribution in [0.2, 0.25) is 0 Å². The number of hydrogen-bond acceptors (Lipinski definition) is 2. The molecule has 0 spiro atoms. The van der Waals surface area contributed by atoms with E-state index in [1.165, 1.54) is 37.1 Å². The summed E-state index contributed by atoms with van der Waals surface area (Å²) in [6.07, 6.45) is 5.03. The number of hydrogen-bond donors (Lipinski definition) is 0. The minimum absolute atomic E-state index is 0.636. The number of carbonyl (C=O) groups is 1. The molecule has 0 radical (unpaired) electrons. The average molecular weight is 231 g/mol. The van der Waals surface area contributed by atoms with Crippen molar-refractivity contribution in [1.82, 2.24) is 4.90 Å². The minimum Gasteiger partial charge on any atom is -0.306 e. The summed E-state index contributed by atoms with van der Waals surface area (Å²) in [5, 5.41) is 0. The van der Waals surface area contributed by atoms with E-state index in [2.05, 4.69) is 36.2 Å². The summed E-state index contributed by atoms with van der Waals surface area (Å²) >= 11 is 0. The van der Waals surface area contributed by atoms with Crippen LogP contribution in [-0.4, -0.2) is 31.3 Å². The molecule has 1 aromatic rings. The molecule has 2 heteroatoms. The Morgan fingerprint density at radius 3 is 2.82 bits per heavy atom. The monoisotopic (exact) mass is 231 g/mol. The number of benzene rings is 1. The Balaban J connectivity index is 2.02. The number of carbonyl (C=O) groups excluding carboxylic acids is 1. The van der Waals surface area contributed by atoms with E-state index in [1.807, 2.05) is 0 Å². The molecule has 1 aromatic carbocycles. The zero-order chi connectivity index (χ0) is 12.1. The van der Waals surface area contributed by atoms with Crippen molar-refractivity contribution in [2.45, 2.75) is 31.6 Å². The van der Waals surface area contributed by atoms with Gasteiger partial charge >= 0.3 is 0 Å². The summed E-state index contributed by atoms with van der Waals surface area (Å²) in [5.74, 6) is 0.711. The first kappa shape index (κ1) is 12.3. The number of aryl methyl sites for hydroxylation is 1. The standard InChI is InChI=1S/C15H21NO/c1-16-9-7-14(8-10-16)15-6-2-4-13(12-15)5-3-11-17/h2,4,6,11-12,14H,3,5,7-10H2,1H3. The SMILES string of the molecule is CN1CCC(c2cccc(CCC=O)c2)CC1. The Bertz CT molecular complexity index is 367. The topological polar surface area (TPSA) is 20.3 Å². The highest BCUT2D eigenvalue weighted by Gasteiger charge is 2.18. The Hall–Kier alpha value is -1.15. The van der Waals surface area contributed by atoms with Gasteiger partial charge in [0.25, 0.3) is 0 Å². The molecule has 0 bridgehead atoms. The van der Waals surface area contributed by atoms with E-state index in [9.17, 15) is 4.79 Å². The molecule has 0 atom stereocenters. The van der Waals surface area contributed by atoms with Gasteiger partial charge < -0.3 is 9.69 Å². The van der Waals surface area contributed by atoms with Gasteiger partial charge in [-0.3, -0.25) is 0 Å². The highest BCUT2D eigenvalue weighted by Crippen LogP contribution is 2.28. The van der Waals surface area contributed by atoms with Crippen molar-refractivity contribution in [2.75, 3.05) is 20.1 Å². The van der Waals surface area contributed by atoms with E-state index in [0.717, 1.165) is 12.7 Å². The smallest absolute Gasteiger partial charge is 0.120 e. The quantitative estimate of drug-likeness (QED) is 0.742. The third-order valence-electron chi connectivity index (χ3n) is 3.69. The van der Waals surface area contributed by atoms with E-state index in [0.29, 0.717) is 12.3 Å². The van der Waals surface area contributed by atoms with Crippen LogP contribution in [0.5, 0.6) is 0 Å². The van der Waals surface area contributed by atoms with Gasteiger partial charge in [0, 0.05) is 6.42 Å². The van der Waals surface area contributed by atoms with Crippen LogP contribution in [0.15, 0.2) is 24.3 Å². The van der Waals surface area contributed by atoms with Crippen LogP contribution in [0.4, 0.5) is 0 Å². The first-order chi connectivity index (χ1) is 8.29. The highest BCUT2D eigenvalue weighted by atomic mass is 16.1. The van der Waals surface area contributed by atoms with Crippen molar-refractivity contribution >= 4 is 6.29 Å². The van der Waals surface area contributed by atoms with Crippen LogP contribution in [0.3, 0.4) is 0 Å². The fourth-order valence-corrected chi connectivity index (χ4v) is 2.57. The molecule has 2 nitrogen and oxygen atoms in total. The fraction of sp³-hybridized carbons (Fsp3) is 0.533. The van der Waals surface area contributed by atoms with Crippen LogP contribution in [0, 0.1) is 0 Å². The molecule has 0 aromatic heterocycles. The normalized spacial score (nSPS) is 18.2. The lowest BCUT2D eigenvalue weighted by atomic mass is 9.88. The van der Waals surface area contributed by atoms with Gasteiger partial charge in [0.15, 0.2) is 0 Å². The van der Waals surface area contributed by atoms with Crippen LogP contribution in [-0.2, 0) is 11.2 Å². The Morgan fingerprint density at radius 2 is 2.12 bits per heavy atom. The molecule has 17 heavy (non-hydrogen) atoms. The van der Waals surface area contributed by atoms with Gasteiger partial charge in [-0.15, -0.1) is 0 Å². The minimum atomic E-state index is 0.636. The molecule has 1 saturated heterocycles. The number of nitrogens with zero attached hydrogens (tertiary/aromatic N) is 1. The molecular formula is C15H21NO. The van der Waals surface area contributed by atoms with Gasteiger partial charge in [0.2, 0.25) is 0 Å². The lowest BCUT2D eigenvalue weighted by Crippen LogP contribution is -2.29. The van der Waals surface area contributed by atoms with Gasteiger partial charge in [0.05, 0.1) is 0 Å². The molecule has 2 rings (SSSR count). The van der Waals surface area contributed by atoms with E-state index in [4.69, 9.17) is 0 Å². The second kappa shape index (κ2) is 5.97. The third-order valence-corrected chi connectivity index (χ3v) is 3.69. The maximum absolute atomic E-state index is 10.4. The molecule has 0 aliphatic carbocycles. The summed E-state index contributed by atoms with van der Waals surface area (Å²) in [6, 6.07) is 8.79. The molecule has 0 amide bonds. The second-order valence-electron chi connectivity index (χ2n) is 5.03. The summed E-state index contributed by atoms with van der Waals surface area (Å²) in [6.45, 7) is 2.40. The largest absolute Gasteiger partial charge is 0.306 e. The highest BCUT2D eigenvalue weighted by molar-refractivity contribution is 5.50. The van der Waals surface area contributed by atoms with Gasteiger partial charge in [-0.25, -0.2) is 0 Å². The number of rotatable bonds is 4. The first-order valence-electron chi connectivity index (χ1n) is 6.50. The van der Waals surface area contributed by atoms with Crippen molar-refractivity contribution in [3.05, 3.63) is 35.4 Å². The zero-order valence-corrected chi connectivity index (χ0v) is 10.6. The molecule has 1 heterocycles.